The molecular formula is C12H22N2O. The molecule has 0 atom stereocenters. The summed E-state index contributed by atoms with van der Waals surface area (Å²) >= 11 is 0. The van der Waals surface area contributed by atoms with Gasteiger partial charge >= 0.3 is 0 Å². The van der Waals surface area contributed by atoms with Gasteiger partial charge in [0, 0.05) is 30.7 Å². The smallest absolute Gasteiger partial charge is 0.105 e. The molecule has 0 aliphatic carbocycles. The van der Waals surface area contributed by atoms with E-state index in [1.54, 1.807) is 6.26 Å². The van der Waals surface area contributed by atoms with Gasteiger partial charge in [-0.15, -0.1) is 0 Å². The Hall–Kier alpha value is -0.800. The van der Waals surface area contributed by atoms with Gasteiger partial charge in [0.1, 0.15) is 5.76 Å². The molecule has 2 N–H and O–H groups in total. The maximum absolute atomic E-state index is 5.22. The fraction of sp³-hybridized carbons (Fsp3) is 0.667. The summed E-state index contributed by atoms with van der Waals surface area (Å²) < 4.78 is 5.22. The van der Waals surface area contributed by atoms with Crippen molar-refractivity contribution in [3.05, 3.63) is 23.7 Å². The Morgan fingerprint density at radius 2 is 2.00 bits per heavy atom. The van der Waals surface area contributed by atoms with Gasteiger partial charge in [0.2, 0.25) is 0 Å². The van der Waals surface area contributed by atoms with Gasteiger partial charge in [0.15, 0.2) is 0 Å². The monoisotopic (exact) mass is 210 g/mol. The van der Waals surface area contributed by atoms with Crippen LogP contribution < -0.4 is 10.6 Å². The van der Waals surface area contributed by atoms with E-state index < -0.39 is 0 Å². The van der Waals surface area contributed by atoms with E-state index in [0.717, 1.165) is 25.4 Å². The maximum Gasteiger partial charge on any atom is 0.105 e. The summed E-state index contributed by atoms with van der Waals surface area (Å²) in [6, 6.07) is 2.01. The molecule has 0 amide bonds. The summed E-state index contributed by atoms with van der Waals surface area (Å²) in [5, 5.41) is 6.81. The number of rotatable bonds is 5. The molecule has 3 heteroatoms. The van der Waals surface area contributed by atoms with Crippen LogP contribution in [0.1, 0.15) is 32.1 Å². The normalized spacial score (nSPS) is 12.0. The predicted molar refractivity (Wildman–Crippen MR) is 62.9 cm³/mol. The summed E-state index contributed by atoms with van der Waals surface area (Å²) in [7, 11) is 0. The highest BCUT2D eigenvalue weighted by Crippen LogP contribution is 2.07. The molecule has 0 saturated heterocycles. The average Bonchev–Trinajstić information content (AvgIpc) is 2.49. The van der Waals surface area contributed by atoms with Gasteiger partial charge in [0.05, 0.1) is 6.26 Å². The second kappa shape index (κ2) is 5.33. The first-order valence-corrected chi connectivity index (χ1v) is 5.48. The van der Waals surface area contributed by atoms with E-state index in [1.807, 2.05) is 13.0 Å². The fourth-order valence-electron chi connectivity index (χ4n) is 1.34. The molecule has 0 radical (unpaired) electrons. The minimum Gasteiger partial charge on any atom is -0.469 e. The van der Waals surface area contributed by atoms with Crippen LogP contribution in [0.5, 0.6) is 0 Å². The number of furan rings is 1. The lowest BCUT2D eigenvalue weighted by Gasteiger charge is -2.20. The largest absolute Gasteiger partial charge is 0.469 e. The highest BCUT2D eigenvalue weighted by Gasteiger charge is 2.07. The lowest BCUT2D eigenvalue weighted by Crippen LogP contribution is -2.40. The predicted octanol–water partition coefficient (Wildman–Crippen LogP) is 2.07. The Kier molecular flexibility index (Phi) is 4.36. The average molecular weight is 210 g/mol. The van der Waals surface area contributed by atoms with Crippen LogP contribution in [0.15, 0.2) is 16.7 Å². The molecule has 1 aromatic rings. The van der Waals surface area contributed by atoms with Crippen LogP contribution in [-0.4, -0.2) is 18.6 Å². The third-order valence-electron chi connectivity index (χ3n) is 2.24. The van der Waals surface area contributed by atoms with Crippen molar-refractivity contribution in [2.45, 2.75) is 39.8 Å². The van der Waals surface area contributed by atoms with Crippen LogP contribution in [0.4, 0.5) is 0 Å². The van der Waals surface area contributed by atoms with Crippen LogP contribution in [0.25, 0.3) is 0 Å². The topological polar surface area (TPSA) is 37.2 Å². The molecule has 86 valence electrons. The van der Waals surface area contributed by atoms with E-state index >= 15 is 0 Å². The standard InChI is InChI=1S/C12H22N2O/c1-10-11(5-8-15-10)9-13-6-7-14-12(2,3)4/h5,8,13-14H,6-7,9H2,1-4H3. The molecule has 15 heavy (non-hydrogen) atoms. The van der Waals surface area contributed by atoms with Crippen molar-refractivity contribution in [3.8, 4) is 0 Å². The summed E-state index contributed by atoms with van der Waals surface area (Å²) in [4.78, 5) is 0. The molecule has 0 spiro atoms. The number of hydrogen-bond donors (Lipinski definition) is 2. The Labute approximate surface area is 92.2 Å². The zero-order valence-corrected chi connectivity index (χ0v) is 10.2. The molecule has 0 aromatic carbocycles. The highest BCUT2D eigenvalue weighted by molar-refractivity contribution is 5.14. The quantitative estimate of drug-likeness (QED) is 0.731. The molecule has 0 fully saturated rings. The van der Waals surface area contributed by atoms with Crippen LogP contribution in [0, 0.1) is 6.92 Å². The van der Waals surface area contributed by atoms with Crippen LogP contribution in [0.2, 0.25) is 0 Å². The zero-order chi connectivity index (χ0) is 11.3. The van der Waals surface area contributed by atoms with Gasteiger partial charge in [0.25, 0.3) is 0 Å². The van der Waals surface area contributed by atoms with Crippen LogP contribution >= 0.6 is 0 Å². The van der Waals surface area contributed by atoms with E-state index in [0.29, 0.717) is 0 Å². The van der Waals surface area contributed by atoms with Crippen molar-refractivity contribution in [1.82, 2.24) is 10.6 Å². The molecule has 0 aliphatic rings. The molecule has 0 saturated carbocycles. The summed E-state index contributed by atoms with van der Waals surface area (Å²) in [5.41, 5.74) is 1.44. The molecule has 0 aliphatic heterocycles. The molecule has 0 bridgehead atoms. The van der Waals surface area contributed by atoms with Crippen molar-refractivity contribution < 1.29 is 4.42 Å². The Balaban J connectivity index is 2.10. The SMILES string of the molecule is Cc1occc1CNCCNC(C)(C)C. The number of hydrogen-bond acceptors (Lipinski definition) is 3. The third-order valence-corrected chi connectivity index (χ3v) is 2.24. The molecule has 1 aromatic heterocycles. The Morgan fingerprint density at radius 1 is 1.27 bits per heavy atom. The highest BCUT2D eigenvalue weighted by atomic mass is 16.3. The van der Waals surface area contributed by atoms with Gasteiger partial charge < -0.3 is 15.1 Å². The third kappa shape index (κ3) is 5.00. The van der Waals surface area contributed by atoms with Crippen molar-refractivity contribution in [2.24, 2.45) is 0 Å². The van der Waals surface area contributed by atoms with Gasteiger partial charge in [-0.1, -0.05) is 0 Å². The summed E-state index contributed by atoms with van der Waals surface area (Å²) in [6.07, 6.45) is 1.74. The molecule has 1 rings (SSSR count). The lowest BCUT2D eigenvalue weighted by atomic mass is 10.1. The van der Waals surface area contributed by atoms with E-state index in [2.05, 4.69) is 31.4 Å². The lowest BCUT2D eigenvalue weighted by molar-refractivity contribution is 0.421. The van der Waals surface area contributed by atoms with Crippen LogP contribution in [-0.2, 0) is 6.54 Å². The van der Waals surface area contributed by atoms with Gasteiger partial charge in [-0.05, 0) is 33.8 Å². The van der Waals surface area contributed by atoms with E-state index in [9.17, 15) is 0 Å². The Morgan fingerprint density at radius 3 is 2.53 bits per heavy atom. The molecule has 3 nitrogen and oxygen atoms in total. The first-order valence-electron chi connectivity index (χ1n) is 5.48. The van der Waals surface area contributed by atoms with Crippen LogP contribution in [0.3, 0.4) is 0 Å². The zero-order valence-electron chi connectivity index (χ0n) is 10.2. The molecule has 1 heterocycles. The van der Waals surface area contributed by atoms with Crippen molar-refractivity contribution in [2.75, 3.05) is 13.1 Å². The van der Waals surface area contributed by atoms with Gasteiger partial charge in [-0.2, -0.15) is 0 Å². The summed E-state index contributed by atoms with van der Waals surface area (Å²) in [6.45, 7) is 11.4. The van der Waals surface area contributed by atoms with Crippen molar-refractivity contribution in [1.29, 1.82) is 0 Å². The minimum atomic E-state index is 0.202. The first kappa shape index (κ1) is 12.3. The molecular weight excluding hydrogens is 188 g/mol. The maximum atomic E-state index is 5.22. The van der Waals surface area contributed by atoms with E-state index in [-0.39, 0.29) is 5.54 Å². The van der Waals surface area contributed by atoms with Gasteiger partial charge in [-0.25, -0.2) is 0 Å². The second-order valence-corrected chi connectivity index (χ2v) is 4.86. The van der Waals surface area contributed by atoms with E-state index in [1.165, 1.54) is 5.56 Å². The van der Waals surface area contributed by atoms with Crippen molar-refractivity contribution >= 4 is 0 Å². The second-order valence-electron chi connectivity index (χ2n) is 4.86. The van der Waals surface area contributed by atoms with Gasteiger partial charge in [-0.3, -0.25) is 0 Å². The van der Waals surface area contributed by atoms with Crippen molar-refractivity contribution in [3.63, 3.8) is 0 Å². The number of aryl methyl sites for hydroxylation is 1. The minimum absolute atomic E-state index is 0.202. The van der Waals surface area contributed by atoms with E-state index in [4.69, 9.17) is 4.42 Å². The Bertz CT molecular complexity index is 286. The summed E-state index contributed by atoms with van der Waals surface area (Å²) in [5.74, 6) is 1.01. The molecule has 0 unspecified atom stereocenters. The first-order chi connectivity index (χ1) is 6.99. The fourth-order valence-corrected chi connectivity index (χ4v) is 1.34. The number of nitrogens with one attached hydrogen (secondary N) is 2.